The Morgan fingerprint density at radius 1 is 1.36 bits per heavy atom. The van der Waals surface area contributed by atoms with E-state index >= 15 is 0 Å². The van der Waals surface area contributed by atoms with Gasteiger partial charge in [0.2, 0.25) is 0 Å². The molecule has 1 N–H and O–H groups in total. The molecule has 64 valence electrons. The quantitative estimate of drug-likeness (QED) is 0.602. The highest BCUT2D eigenvalue weighted by Gasteiger charge is 2.34. The molecule has 2 aliphatic rings. The van der Waals surface area contributed by atoms with E-state index in [2.05, 4.69) is 24.1 Å². The zero-order valence-corrected chi connectivity index (χ0v) is 7.56. The van der Waals surface area contributed by atoms with Gasteiger partial charge in [0, 0.05) is 31.2 Å². The zero-order valence-electron chi connectivity index (χ0n) is 7.56. The first-order valence-electron chi connectivity index (χ1n) is 4.66. The maximum Gasteiger partial charge on any atom is 0.0252 e. The van der Waals surface area contributed by atoms with E-state index in [0.717, 1.165) is 6.04 Å². The first-order chi connectivity index (χ1) is 5.17. The van der Waals surface area contributed by atoms with Crippen LogP contribution < -0.4 is 5.32 Å². The van der Waals surface area contributed by atoms with Gasteiger partial charge in [-0.15, -0.1) is 0 Å². The Balaban J connectivity index is 1.92. The molecule has 0 aromatic carbocycles. The predicted octanol–water partition coefficient (Wildman–Crippen LogP) is 0.833. The maximum atomic E-state index is 3.53. The Labute approximate surface area is 69.0 Å². The molecule has 0 aromatic rings. The summed E-state index contributed by atoms with van der Waals surface area (Å²) in [6.07, 6.45) is 2.88. The van der Waals surface area contributed by atoms with Crippen LogP contribution in [-0.4, -0.2) is 36.1 Å². The van der Waals surface area contributed by atoms with E-state index in [1.807, 2.05) is 0 Å². The van der Waals surface area contributed by atoms with Crippen molar-refractivity contribution in [2.24, 2.45) is 0 Å². The van der Waals surface area contributed by atoms with E-state index in [1.165, 1.54) is 32.5 Å². The van der Waals surface area contributed by atoms with Gasteiger partial charge < -0.3 is 5.32 Å². The number of hydrogen-bond donors (Lipinski definition) is 1. The van der Waals surface area contributed by atoms with Crippen molar-refractivity contribution in [3.63, 3.8) is 0 Å². The lowest BCUT2D eigenvalue weighted by Crippen LogP contribution is -2.57. The molecule has 0 amide bonds. The summed E-state index contributed by atoms with van der Waals surface area (Å²) in [5, 5.41) is 3.53. The molecule has 0 aromatic heterocycles. The minimum Gasteiger partial charge on any atom is -0.309 e. The highest BCUT2D eigenvalue weighted by molar-refractivity contribution is 4.93. The van der Waals surface area contributed by atoms with Gasteiger partial charge >= 0.3 is 0 Å². The summed E-state index contributed by atoms with van der Waals surface area (Å²) in [5.41, 5.74) is 0.348. The second kappa shape index (κ2) is 2.46. The molecule has 0 spiro atoms. The van der Waals surface area contributed by atoms with Crippen LogP contribution in [0.3, 0.4) is 0 Å². The molecule has 1 saturated heterocycles. The topological polar surface area (TPSA) is 15.3 Å². The Bertz CT molecular complexity index is 150. The standard InChI is InChI=1S/C9H18N2/c1-9(2)7-11(6-5-10-9)8-3-4-8/h8,10H,3-7H2,1-2H3. The van der Waals surface area contributed by atoms with Crippen molar-refractivity contribution >= 4 is 0 Å². The number of nitrogens with one attached hydrogen (secondary N) is 1. The normalized spacial score (nSPS) is 32.2. The summed E-state index contributed by atoms with van der Waals surface area (Å²) in [4.78, 5) is 2.64. The van der Waals surface area contributed by atoms with Crippen molar-refractivity contribution in [3.05, 3.63) is 0 Å². The van der Waals surface area contributed by atoms with Gasteiger partial charge in [-0.25, -0.2) is 0 Å². The third kappa shape index (κ3) is 1.74. The summed E-state index contributed by atoms with van der Waals surface area (Å²) in [6, 6.07) is 0.941. The first kappa shape index (κ1) is 7.56. The van der Waals surface area contributed by atoms with Crippen molar-refractivity contribution in [1.29, 1.82) is 0 Å². The highest BCUT2D eigenvalue weighted by atomic mass is 15.3. The minimum atomic E-state index is 0.348. The summed E-state index contributed by atoms with van der Waals surface area (Å²) < 4.78 is 0. The van der Waals surface area contributed by atoms with Crippen LogP contribution in [0, 0.1) is 0 Å². The van der Waals surface area contributed by atoms with Gasteiger partial charge in [-0.3, -0.25) is 4.90 Å². The fourth-order valence-electron chi connectivity index (χ4n) is 1.93. The van der Waals surface area contributed by atoms with Crippen molar-refractivity contribution in [2.45, 2.75) is 38.3 Å². The van der Waals surface area contributed by atoms with Gasteiger partial charge in [0.1, 0.15) is 0 Å². The molecule has 0 unspecified atom stereocenters. The van der Waals surface area contributed by atoms with Gasteiger partial charge in [-0.1, -0.05) is 0 Å². The van der Waals surface area contributed by atoms with E-state index in [9.17, 15) is 0 Å². The Morgan fingerprint density at radius 3 is 2.64 bits per heavy atom. The Kier molecular flexibility index (Phi) is 1.69. The molecule has 2 fully saturated rings. The number of piperazine rings is 1. The average molecular weight is 154 g/mol. The van der Waals surface area contributed by atoms with Gasteiger partial charge in [-0.2, -0.15) is 0 Å². The highest BCUT2D eigenvalue weighted by Crippen LogP contribution is 2.28. The second-order valence-electron chi connectivity index (χ2n) is 4.51. The van der Waals surface area contributed by atoms with Crippen molar-refractivity contribution < 1.29 is 0 Å². The van der Waals surface area contributed by atoms with E-state index in [4.69, 9.17) is 0 Å². The van der Waals surface area contributed by atoms with E-state index < -0.39 is 0 Å². The molecule has 1 heterocycles. The second-order valence-corrected chi connectivity index (χ2v) is 4.51. The number of rotatable bonds is 1. The molecular formula is C9H18N2. The summed E-state index contributed by atoms with van der Waals surface area (Å²) in [7, 11) is 0. The molecule has 2 nitrogen and oxygen atoms in total. The Hall–Kier alpha value is -0.0800. The maximum absolute atomic E-state index is 3.53. The van der Waals surface area contributed by atoms with E-state index in [0.29, 0.717) is 5.54 Å². The minimum absolute atomic E-state index is 0.348. The van der Waals surface area contributed by atoms with Crippen LogP contribution >= 0.6 is 0 Å². The molecule has 1 aliphatic carbocycles. The molecule has 1 aliphatic heterocycles. The summed E-state index contributed by atoms with van der Waals surface area (Å²) in [5.74, 6) is 0. The largest absolute Gasteiger partial charge is 0.309 e. The van der Waals surface area contributed by atoms with Gasteiger partial charge in [0.15, 0.2) is 0 Å². The van der Waals surface area contributed by atoms with Crippen molar-refractivity contribution in [1.82, 2.24) is 10.2 Å². The lowest BCUT2D eigenvalue weighted by atomic mass is 10.0. The summed E-state index contributed by atoms with van der Waals surface area (Å²) >= 11 is 0. The van der Waals surface area contributed by atoms with E-state index in [1.54, 1.807) is 0 Å². The van der Waals surface area contributed by atoms with E-state index in [-0.39, 0.29) is 0 Å². The van der Waals surface area contributed by atoms with Crippen molar-refractivity contribution in [2.75, 3.05) is 19.6 Å². The average Bonchev–Trinajstić information content (AvgIpc) is 2.65. The first-order valence-corrected chi connectivity index (χ1v) is 4.66. The molecule has 0 atom stereocenters. The molecular weight excluding hydrogens is 136 g/mol. The monoisotopic (exact) mass is 154 g/mol. The predicted molar refractivity (Wildman–Crippen MR) is 46.7 cm³/mol. The fourth-order valence-corrected chi connectivity index (χ4v) is 1.93. The fraction of sp³-hybridized carbons (Fsp3) is 1.00. The number of nitrogens with zero attached hydrogens (tertiary/aromatic N) is 1. The van der Waals surface area contributed by atoms with Crippen molar-refractivity contribution in [3.8, 4) is 0 Å². The lowest BCUT2D eigenvalue weighted by Gasteiger charge is -2.39. The van der Waals surface area contributed by atoms with Gasteiger partial charge in [0.25, 0.3) is 0 Å². The molecule has 0 bridgehead atoms. The third-order valence-corrected chi connectivity index (χ3v) is 2.66. The number of hydrogen-bond acceptors (Lipinski definition) is 2. The van der Waals surface area contributed by atoms with Crippen LogP contribution in [0.1, 0.15) is 26.7 Å². The van der Waals surface area contributed by atoms with Crippen LogP contribution in [0.5, 0.6) is 0 Å². The van der Waals surface area contributed by atoms with Crippen LogP contribution in [0.2, 0.25) is 0 Å². The summed E-state index contributed by atoms with van der Waals surface area (Å²) in [6.45, 7) is 8.25. The van der Waals surface area contributed by atoms with Gasteiger partial charge in [0.05, 0.1) is 0 Å². The van der Waals surface area contributed by atoms with Crippen LogP contribution in [0.15, 0.2) is 0 Å². The zero-order chi connectivity index (χ0) is 7.90. The SMILES string of the molecule is CC1(C)CN(C2CC2)CCN1. The molecule has 2 heteroatoms. The molecule has 1 saturated carbocycles. The lowest BCUT2D eigenvalue weighted by molar-refractivity contribution is 0.147. The smallest absolute Gasteiger partial charge is 0.0252 e. The molecule has 11 heavy (non-hydrogen) atoms. The molecule has 2 rings (SSSR count). The van der Waals surface area contributed by atoms with Gasteiger partial charge in [-0.05, 0) is 26.7 Å². The van der Waals surface area contributed by atoms with Crippen LogP contribution in [0.4, 0.5) is 0 Å². The third-order valence-electron chi connectivity index (χ3n) is 2.66. The van der Waals surface area contributed by atoms with Crippen LogP contribution in [-0.2, 0) is 0 Å². The Morgan fingerprint density at radius 2 is 2.09 bits per heavy atom. The molecule has 0 radical (unpaired) electrons. The van der Waals surface area contributed by atoms with Crippen LogP contribution in [0.25, 0.3) is 0 Å².